The van der Waals surface area contributed by atoms with E-state index in [0.717, 1.165) is 118 Å². The summed E-state index contributed by atoms with van der Waals surface area (Å²) in [6.45, 7) is 57.0. The quantitative estimate of drug-likeness (QED) is 0.00601. The maximum atomic E-state index is 12.0. The molecule has 0 fully saturated rings. The molecular formula is C118H191Br4ClFLi2MgNaO17SSi. The fraction of sp³-hybridized carbons (Fsp3) is 0.576. The van der Waals surface area contributed by atoms with Gasteiger partial charge in [-0.1, -0.05) is 238 Å². The van der Waals surface area contributed by atoms with Crippen molar-refractivity contribution in [1.29, 1.82) is 0 Å². The van der Waals surface area contributed by atoms with Crippen LogP contribution in [-0.4, -0.2) is 158 Å². The minimum Gasteiger partial charge on any atom is -1.00 e. The molecule has 2 rings (SSSR count). The largest absolute Gasteiger partial charge is 2.00 e. The molecule has 0 radical (unpaired) electrons. The van der Waals surface area contributed by atoms with Crippen molar-refractivity contribution in [3.63, 3.8) is 0 Å². The summed E-state index contributed by atoms with van der Waals surface area (Å²) in [6.07, 6.45) is 35.1. The third-order valence-corrected chi connectivity index (χ3v) is 28.7. The van der Waals surface area contributed by atoms with Crippen LogP contribution in [0.15, 0.2) is 136 Å². The molecule has 0 aliphatic carbocycles. The Kier molecular flexibility index (Phi) is 176. The van der Waals surface area contributed by atoms with E-state index in [1.165, 1.54) is 95.1 Å². The number of aryl methyl sites for hydroxylation is 1. The molecule has 29 heteroatoms. The SMILES string of the molecule is C.C.C.C=C(C)C(O)CCC#CC.C=[C-]C.CC#CCBr.CC#CCC(C(=O)OC)C(=O)OC.CC#CCC/C=C(\C)CCC(=O)OCC.CC#CCC/C=C(\C)CCCBr.CC#CCC/C=C(\C)CCCO.CC#CCC/C=C(\C)CCCOS(=O)(=O)c1ccc(C)cc1.CC#CCC/C=C(\C)CCC[Si](c1ccccc1)(C(C)(C)C)C(C)(C)C.CC#CCCC(=O)OC.COC(=O)CC(=O)OC.F.[2HH].[Br-].[Br-].[Cl-].[H-].[HH].[Li+].[Li+].[Mg+2].[Na+]. The number of rotatable bonds is 41. The van der Waals surface area contributed by atoms with Crippen molar-refractivity contribution in [3.05, 3.63) is 143 Å². The maximum Gasteiger partial charge on any atom is 2.00 e. The zero-order chi connectivity index (χ0) is 106. The molecule has 0 aliphatic heterocycles. The monoisotopic (exact) mass is 2370 g/mol. The molecule has 2 aromatic carbocycles. The maximum absolute atomic E-state index is 12.0. The van der Waals surface area contributed by atoms with Crippen LogP contribution in [0.5, 0.6) is 0 Å². The molecule has 0 amide bonds. The molecule has 0 heterocycles. The van der Waals surface area contributed by atoms with Gasteiger partial charge in [-0.25, -0.2) is 0 Å². The Morgan fingerprint density at radius 3 is 1.15 bits per heavy atom. The van der Waals surface area contributed by atoms with Crippen molar-refractivity contribution in [1.82, 2.24) is 0 Å². The minimum atomic E-state index is -3.64. The normalized spacial score (nSPS) is 9.71. The van der Waals surface area contributed by atoms with Crippen LogP contribution in [0.25, 0.3) is 0 Å². The first-order chi connectivity index (χ1) is 64.5. The van der Waals surface area contributed by atoms with Crippen molar-refractivity contribution < 1.29 is 203 Å². The number of methoxy groups -OCH3 is 5. The van der Waals surface area contributed by atoms with E-state index in [-0.39, 0.29) is 210 Å². The Balaban J connectivity index is -0.0000000575. The Morgan fingerprint density at radius 1 is 0.510 bits per heavy atom. The summed E-state index contributed by atoms with van der Waals surface area (Å²) in [6, 6.07) is 19.4. The number of allylic oxidation sites excluding steroid dienone is 11. The number of carbonyl (C=O) groups is 6. The summed E-state index contributed by atoms with van der Waals surface area (Å²) in [7, 11) is 0.871. The first-order valence-electron chi connectivity index (χ1n) is 46.4. The topological polar surface area (TPSA) is 242 Å². The fourth-order valence-corrected chi connectivity index (χ4v) is 20.7. The first kappa shape index (κ1) is 189. The van der Waals surface area contributed by atoms with Gasteiger partial charge in [0.2, 0.25) is 0 Å². The van der Waals surface area contributed by atoms with Crippen LogP contribution >= 0.6 is 31.9 Å². The van der Waals surface area contributed by atoms with Gasteiger partial charge in [0.15, 0.2) is 5.92 Å². The molecule has 0 spiro atoms. The van der Waals surface area contributed by atoms with E-state index in [4.69, 9.17) is 14.0 Å². The Labute approximate surface area is 1010 Å². The van der Waals surface area contributed by atoms with Gasteiger partial charge in [0.05, 0.1) is 79.6 Å². The van der Waals surface area contributed by atoms with E-state index >= 15 is 0 Å². The van der Waals surface area contributed by atoms with Crippen molar-refractivity contribution in [2.24, 2.45) is 5.92 Å². The summed E-state index contributed by atoms with van der Waals surface area (Å²) in [5, 5.41) is 22.0. The molecule has 1 unspecified atom stereocenters. The van der Waals surface area contributed by atoms with Crippen LogP contribution in [0.3, 0.4) is 0 Å². The second-order valence-electron chi connectivity index (χ2n) is 32.1. The standard InChI is InChI=1S/C25H40Si.C18H24O3S.C13H20O2.C11H17Br.C11H18O.C9H12O4.C9H14O.C7H10O2.C5H8O4.C4H5Br.C3H5.3CH4.2BrH.ClH.FH.2Li.Mg.Na.2H2.H/c1-9-10-11-13-17-22(2)18-16-21-26(24(3,4)5,25(6,7)8)23-19-14-12-15-20-23;1-4-5-6-7-9-16(2)10-8-15-21-22(19,20)18-13-11-17(3)12-14-18;1-4-6-7-8-9-12(3)10-11-13(14)15-5-2;2*1-3-4-5-6-8-11(2)9-7-10-12;1-4-5-6-7(8(10)12-2)9(11)13-3;1-4-5-6-7-9(10)8(2)3;1-3-4-5-6-7(8)9-2;1-8-4(6)3-5(7)9-2;1-2-3-4-5;1-3-2;;;;;;;;;;;;;;/h12,14-15,17,19-20H,11,13,16,18,21H2,1-8H3;9,11-14H,6-8,10,15H2,1-3H3;9H,5,7-8,10-11H2,1-3H3;8H,5-7,9-10H2,1-2H3;8,12H,5-7,9-10H2,1-2H3;7H,6H2,1-3H3;9-10H,2,6-7H2,1,3H3;5-6H2,1-2H3;3H2,1-2H3;4H2,1H3;1H2,2H3;3*1H4;4*1H;;;;;2*1H;/q;;;;;;;;;;-1;;;;;;;;2*+1;+2;+1;;;-1/p-3/b22-17+;16-9+;12-9+;2*11-8+;;;;;;;;;;;;;;;;;;;;/i;;;;;;;;;;;;;;;;;;;;;;1+1;;. The molecule has 822 valence electrons. The third-order valence-electron chi connectivity index (χ3n) is 19.0. The smallest absolute Gasteiger partial charge is 1.00 e. The number of esters is 6. The van der Waals surface area contributed by atoms with Crippen LogP contribution in [0.2, 0.25) is 16.1 Å². The Morgan fingerprint density at radius 2 is 0.844 bits per heavy atom. The summed E-state index contributed by atoms with van der Waals surface area (Å²) in [4.78, 5) is 64.2. The van der Waals surface area contributed by atoms with Crippen LogP contribution in [0, 0.1) is 125 Å². The summed E-state index contributed by atoms with van der Waals surface area (Å²) in [5.74, 6) is 47.9. The second kappa shape index (κ2) is 137. The number of carbonyl (C=O) groups excluding carboxylic acids is 6. The molecule has 2 N–H and O–H groups in total. The summed E-state index contributed by atoms with van der Waals surface area (Å²) in [5.41, 5.74) is 8.71. The Bertz CT molecular complexity index is 4440. The third kappa shape index (κ3) is 127. The zero-order valence-electron chi connectivity index (χ0n) is 95.2. The molecule has 2 aromatic rings. The van der Waals surface area contributed by atoms with Gasteiger partial charge in [-0.2, -0.15) is 15.3 Å². The molecule has 0 aliphatic rings. The summed E-state index contributed by atoms with van der Waals surface area (Å²) >= 11 is 6.56. The second-order valence-corrected chi connectivity index (χ2v) is 41.0. The minimum absolute atomic E-state index is 0. The molecular weight excluding hydrogens is 2180 g/mol. The van der Waals surface area contributed by atoms with E-state index in [1.807, 2.05) is 76.2 Å². The van der Waals surface area contributed by atoms with Gasteiger partial charge in [-0.3, -0.25) is 44.2 Å². The fourth-order valence-electron chi connectivity index (χ4n) is 11.9. The Hall–Kier alpha value is -5.37. The number of halogens is 6. The van der Waals surface area contributed by atoms with Crippen molar-refractivity contribution in [2.75, 3.05) is 66.0 Å². The van der Waals surface area contributed by atoms with Gasteiger partial charge in [0, 0.05) is 72.6 Å². The predicted octanol–water partition coefficient (Wildman–Crippen LogP) is 10.7. The van der Waals surface area contributed by atoms with E-state index < -0.39 is 48.0 Å². The van der Waals surface area contributed by atoms with Crippen LogP contribution in [0.4, 0.5) is 4.70 Å². The first-order valence-corrected chi connectivity index (χ1v) is 52.3. The molecule has 0 saturated carbocycles. The van der Waals surface area contributed by atoms with Gasteiger partial charge in [0.25, 0.3) is 10.1 Å². The molecule has 147 heavy (non-hydrogen) atoms. The van der Waals surface area contributed by atoms with Gasteiger partial charge < -0.3 is 92.5 Å². The average Bonchev–Trinajstić information content (AvgIpc) is 0.736. The number of ether oxygens (including phenoxy) is 6. The molecule has 0 aromatic heterocycles. The van der Waals surface area contributed by atoms with Gasteiger partial charge in [-0.05, 0) is 230 Å². The van der Waals surface area contributed by atoms with Gasteiger partial charge in [0.1, 0.15) is 6.42 Å². The van der Waals surface area contributed by atoms with Crippen molar-refractivity contribution >= 4 is 114 Å². The van der Waals surface area contributed by atoms with E-state index in [1.54, 1.807) is 57.1 Å². The van der Waals surface area contributed by atoms with E-state index in [0.29, 0.717) is 55.4 Å². The van der Waals surface area contributed by atoms with Crippen LogP contribution < -0.4 is 119 Å². The predicted molar refractivity (Wildman–Crippen MR) is 614 cm³/mol. The number of hydrogen-bond donors (Lipinski definition) is 2. The average molecular weight is 2380 g/mol. The molecule has 0 saturated heterocycles. The van der Waals surface area contributed by atoms with E-state index in [9.17, 15) is 42.3 Å². The van der Waals surface area contributed by atoms with Gasteiger partial charge in [-0.15, -0.1) is 101 Å². The molecule has 0 bridgehead atoms. The number of hydrogen-bond acceptors (Lipinski definition) is 17. The number of aliphatic hydroxyl groups excluding tert-OH is 2. The van der Waals surface area contributed by atoms with Crippen LogP contribution in [-0.2, 0) is 71.5 Å². The van der Waals surface area contributed by atoms with Crippen molar-refractivity contribution in [2.45, 2.75) is 383 Å². The van der Waals surface area contributed by atoms with E-state index in [2.05, 4.69) is 304 Å². The number of alkyl halides is 2. The van der Waals surface area contributed by atoms with Gasteiger partial charge >= 0.3 is 126 Å². The zero-order valence-corrected chi connectivity index (χ0v) is 107. The van der Waals surface area contributed by atoms with Crippen molar-refractivity contribution in [3.8, 4) is 107 Å². The van der Waals surface area contributed by atoms with Crippen LogP contribution in [0.1, 0.15) is 358 Å². The molecule has 1 atom stereocenters. The number of benzene rings is 2. The number of aliphatic hydroxyl groups is 2. The number of unbranched alkanes of at least 4 members (excludes halogenated alkanes) is 5. The molecule has 17 nitrogen and oxygen atoms in total. The summed E-state index contributed by atoms with van der Waals surface area (Å²) < 4.78 is 55.5.